The molecule has 0 fully saturated rings. The van der Waals surface area contributed by atoms with Gasteiger partial charge in [0.2, 0.25) is 0 Å². The van der Waals surface area contributed by atoms with Gasteiger partial charge in [0.05, 0.1) is 23.3 Å². The van der Waals surface area contributed by atoms with E-state index in [1.807, 2.05) is 19.1 Å². The van der Waals surface area contributed by atoms with E-state index in [2.05, 4.69) is 0 Å². The van der Waals surface area contributed by atoms with Gasteiger partial charge in [-0.05, 0) is 46.5 Å². The molecule has 1 aromatic heterocycles. The van der Waals surface area contributed by atoms with Crippen LogP contribution in [-0.2, 0) is 19.8 Å². The SMILES string of the molecule is Cc1cccc2c(-c3c(C(F)(F)F)c4cc(CO)ccc4n(C)c3=O)cccc12. The van der Waals surface area contributed by atoms with Crippen LogP contribution in [-0.4, -0.2) is 9.67 Å². The summed E-state index contributed by atoms with van der Waals surface area (Å²) in [5, 5.41) is 10.7. The molecule has 0 bridgehead atoms. The summed E-state index contributed by atoms with van der Waals surface area (Å²) < 4.78 is 44.1. The monoisotopic (exact) mass is 397 g/mol. The van der Waals surface area contributed by atoms with E-state index >= 15 is 0 Å². The Labute approximate surface area is 164 Å². The Hall–Kier alpha value is -3.12. The lowest BCUT2D eigenvalue weighted by molar-refractivity contribution is -0.135. The number of pyridine rings is 1. The number of fused-ring (bicyclic) bond motifs is 2. The van der Waals surface area contributed by atoms with Crippen LogP contribution in [0.1, 0.15) is 16.7 Å². The summed E-state index contributed by atoms with van der Waals surface area (Å²) in [6.45, 7) is 1.49. The summed E-state index contributed by atoms with van der Waals surface area (Å²) in [4.78, 5) is 13.1. The van der Waals surface area contributed by atoms with Gasteiger partial charge in [0.1, 0.15) is 0 Å². The number of hydrogen-bond donors (Lipinski definition) is 1. The minimum absolute atomic E-state index is 0.106. The summed E-state index contributed by atoms with van der Waals surface area (Å²) in [5.74, 6) is 0. The second-order valence-corrected chi connectivity index (χ2v) is 7.10. The van der Waals surface area contributed by atoms with Crippen LogP contribution >= 0.6 is 0 Å². The van der Waals surface area contributed by atoms with E-state index in [-0.39, 0.29) is 22.0 Å². The van der Waals surface area contributed by atoms with Crippen LogP contribution in [0, 0.1) is 6.92 Å². The minimum Gasteiger partial charge on any atom is -0.392 e. The normalized spacial score (nSPS) is 12.1. The van der Waals surface area contributed by atoms with Gasteiger partial charge in [0, 0.05) is 12.4 Å². The first-order chi connectivity index (χ1) is 13.7. The first-order valence-electron chi connectivity index (χ1n) is 9.06. The van der Waals surface area contributed by atoms with Crippen molar-refractivity contribution in [1.82, 2.24) is 4.57 Å². The molecule has 3 aromatic carbocycles. The number of nitrogens with zero attached hydrogens (tertiary/aromatic N) is 1. The summed E-state index contributed by atoms with van der Waals surface area (Å²) >= 11 is 0. The van der Waals surface area contributed by atoms with Crippen molar-refractivity contribution in [3.63, 3.8) is 0 Å². The van der Waals surface area contributed by atoms with Crippen molar-refractivity contribution in [2.75, 3.05) is 0 Å². The maximum absolute atomic E-state index is 14.3. The second-order valence-electron chi connectivity index (χ2n) is 7.10. The lowest BCUT2D eigenvalue weighted by Gasteiger charge is -2.19. The van der Waals surface area contributed by atoms with E-state index in [1.54, 1.807) is 24.3 Å². The lowest BCUT2D eigenvalue weighted by Crippen LogP contribution is -2.25. The molecule has 1 N–H and O–H groups in total. The van der Waals surface area contributed by atoms with Crippen LogP contribution in [0.15, 0.2) is 59.4 Å². The number of aryl methyl sites for hydroxylation is 2. The zero-order valence-corrected chi connectivity index (χ0v) is 15.8. The Morgan fingerprint density at radius 1 is 0.966 bits per heavy atom. The number of benzene rings is 3. The lowest BCUT2D eigenvalue weighted by atomic mass is 9.91. The first-order valence-corrected chi connectivity index (χ1v) is 9.06. The zero-order chi connectivity index (χ0) is 20.9. The van der Waals surface area contributed by atoms with Crippen LogP contribution in [0.4, 0.5) is 13.2 Å². The molecule has 3 nitrogen and oxygen atoms in total. The molecule has 0 amide bonds. The van der Waals surface area contributed by atoms with Crippen molar-refractivity contribution >= 4 is 21.7 Å². The van der Waals surface area contributed by atoms with Gasteiger partial charge in [0.25, 0.3) is 5.56 Å². The van der Waals surface area contributed by atoms with Crippen molar-refractivity contribution in [3.05, 3.63) is 81.6 Å². The zero-order valence-electron chi connectivity index (χ0n) is 15.8. The predicted octanol–water partition coefficient (Wildman–Crippen LogP) is 5.18. The molecule has 0 aliphatic carbocycles. The minimum atomic E-state index is -4.75. The van der Waals surface area contributed by atoms with Gasteiger partial charge in [-0.2, -0.15) is 13.2 Å². The molecule has 148 valence electrons. The van der Waals surface area contributed by atoms with Crippen LogP contribution in [0.5, 0.6) is 0 Å². The predicted molar refractivity (Wildman–Crippen MR) is 108 cm³/mol. The Balaban J connectivity index is 2.26. The number of aliphatic hydroxyl groups excluding tert-OH is 1. The third-order valence-corrected chi connectivity index (χ3v) is 5.34. The Morgan fingerprint density at radius 2 is 1.66 bits per heavy atom. The molecule has 1 heterocycles. The highest BCUT2D eigenvalue weighted by Gasteiger charge is 2.38. The molecule has 0 radical (unpaired) electrons. The third-order valence-electron chi connectivity index (χ3n) is 5.34. The summed E-state index contributed by atoms with van der Waals surface area (Å²) in [6.07, 6.45) is -4.75. The highest BCUT2D eigenvalue weighted by molar-refractivity contribution is 6.01. The quantitative estimate of drug-likeness (QED) is 0.507. The average molecular weight is 397 g/mol. The molecule has 0 aliphatic heterocycles. The third kappa shape index (κ3) is 3.00. The van der Waals surface area contributed by atoms with Crippen LogP contribution < -0.4 is 5.56 Å². The Morgan fingerprint density at radius 3 is 2.34 bits per heavy atom. The topological polar surface area (TPSA) is 42.2 Å². The number of hydrogen-bond acceptors (Lipinski definition) is 2. The van der Waals surface area contributed by atoms with Gasteiger partial charge >= 0.3 is 6.18 Å². The van der Waals surface area contributed by atoms with E-state index in [1.165, 1.54) is 29.8 Å². The molecular formula is C23H18F3NO2. The van der Waals surface area contributed by atoms with Crippen molar-refractivity contribution in [3.8, 4) is 11.1 Å². The number of aliphatic hydroxyl groups is 1. The molecule has 29 heavy (non-hydrogen) atoms. The van der Waals surface area contributed by atoms with Crippen LogP contribution in [0.3, 0.4) is 0 Å². The largest absolute Gasteiger partial charge is 0.417 e. The number of aromatic nitrogens is 1. The van der Waals surface area contributed by atoms with Gasteiger partial charge in [0.15, 0.2) is 0 Å². The maximum atomic E-state index is 14.3. The standard InChI is InChI=1S/C23H18F3NO2/c1-13-5-3-7-16-15(13)6-4-8-17(16)20-21(23(24,25)26)18-11-14(12-28)9-10-19(18)27(2)22(20)29/h3-11,28H,12H2,1-2H3. The second kappa shape index (κ2) is 6.74. The van der Waals surface area contributed by atoms with Gasteiger partial charge in [-0.25, -0.2) is 0 Å². The van der Waals surface area contributed by atoms with Gasteiger partial charge < -0.3 is 9.67 Å². The van der Waals surface area contributed by atoms with E-state index < -0.39 is 23.9 Å². The summed E-state index contributed by atoms with van der Waals surface area (Å²) in [7, 11) is 1.46. The molecule has 0 saturated carbocycles. The molecule has 4 rings (SSSR count). The molecule has 6 heteroatoms. The van der Waals surface area contributed by atoms with Crippen molar-refractivity contribution in [2.45, 2.75) is 19.7 Å². The average Bonchev–Trinajstić information content (AvgIpc) is 2.69. The highest BCUT2D eigenvalue weighted by Crippen LogP contribution is 2.42. The van der Waals surface area contributed by atoms with Crippen molar-refractivity contribution in [2.24, 2.45) is 7.05 Å². The fraction of sp³-hybridized carbons (Fsp3) is 0.174. The van der Waals surface area contributed by atoms with Crippen molar-refractivity contribution < 1.29 is 18.3 Å². The van der Waals surface area contributed by atoms with E-state index in [9.17, 15) is 23.1 Å². The fourth-order valence-corrected chi connectivity index (χ4v) is 3.92. The highest BCUT2D eigenvalue weighted by atomic mass is 19.4. The molecule has 0 atom stereocenters. The van der Waals surface area contributed by atoms with Gasteiger partial charge in [-0.3, -0.25) is 4.79 Å². The van der Waals surface area contributed by atoms with E-state index in [0.717, 1.165) is 10.9 Å². The van der Waals surface area contributed by atoms with Crippen LogP contribution in [0.2, 0.25) is 0 Å². The smallest absolute Gasteiger partial charge is 0.392 e. The number of rotatable bonds is 2. The Kier molecular flexibility index (Phi) is 4.46. The molecule has 4 aromatic rings. The van der Waals surface area contributed by atoms with Gasteiger partial charge in [-0.15, -0.1) is 0 Å². The summed E-state index contributed by atoms with van der Waals surface area (Å²) in [5.41, 5.74) is -0.385. The van der Waals surface area contributed by atoms with Crippen LogP contribution in [0.25, 0.3) is 32.8 Å². The molecular weight excluding hydrogens is 379 g/mol. The first kappa shape index (κ1) is 19.2. The summed E-state index contributed by atoms with van der Waals surface area (Å²) in [6, 6.07) is 14.7. The molecule has 0 saturated heterocycles. The maximum Gasteiger partial charge on any atom is 0.417 e. The fourth-order valence-electron chi connectivity index (χ4n) is 3.92. The Bertz CT molecular complexity index is 1320. The molecule has 0 unspecified atom stereocenters. The van der Waals surface area contributed by atoms with E-state index in [0.29, 0.717) is 10.9 Å². The molecule has 0 spiro atoms. The van der Waals surface area contributed by atoms with E-state index in [4.69, 9.17) is 0 Å². The van der Waals surface area contributed by atoms with Gasteiger partial charge in [-0.1, -0.05) is 42.5 Å². The molecule has 0 aliphatic rings. The van der Waals surface area contributed by atoms with Crippen molar-refractivity contribution in [1.29, 1.82) is 0 Å². The number of halogens is 3. The number of alkyl halides is 3.